The second-order valence-corrected chi connectivity index (χ2v) is 9.72. The third-order valence-electron chi connectivity index (χ3n) is 6.24. The summed E-state index contributed by atoms with van der Waals surface area (Å²) < 4.78 is 34.8. The van der Waals surface area contributed by atoms with E-state index in [0.717, 1.165) is 55.3 Å². The molecule has 160 valence electrons. The van der Waals surface area contributed by atoms with Crippen molar-refractivity contribution in [2.24, 2.45) is 0 Å². The first-order valence-corrected chi connectivity index (χ1v) is 11.8. The van der Waals surface area contributed by atoms with Gasteiger partial charge in [0.25, 0.3) is 10.0 Å². The van der Waals surface area contributed by atoms with E-state index in [9.17, 15) is 13.2 Å². The average Bonchev–Trinajstić information content (AvgIpc) is 3.45. The molecular weight excluding hydrogens is 406 g/mol. The van der Waals surface area contributed by atoms with Crippen LogP contribution in [0.25, 0.3) is 0 Å². The Bertz CT molecular complexity index is 1090. The van der Waals surface area contributed by atoms with Crippen molar-refractivity contribution in [1.82, 2.24) is 14.5 Å². The van der Waals surface area contributed by atoms with E-state index in [2.05, 4.69) is 26.5 Å². The summed E-state index contributed by atoms with van der Waals surface area (Å²) in [5.74, 6) is 0.366. The van der Waals surface area contributed by atoms with Crippen molar-refractivity contribution < 1.29 is 17.9 Å². The van der Waals surface area contributed by atoms with Crippen LogP contribution in [0.2, 0.25) is 0 Å². The molecule has 30 heavy (non-hydrogen) atoms. The van der Waals surface area contributed by atoms with Gasteiger partial charge in [0.1, 0.15) is 10.7 Å². The first kappa shape index (κ1) is 19.4. The number of benzene rings is 1. The number of sulfonamides is 1. The SMILES string of the molecule is COC1CNc2c(S(=O)(=O)NC(=O)Nc3c4c(cc5c3CCC5)CCC4)cnn2C1. The van der Waals surface area contributed by atoms with Gasteiger partial charge in [-0.3, -0.25) is 0 Å². The molecule has 0 spiro atoms. The Labute approximate surface area is 175 Å². The molecule has 0 saturated heterocycles. The Morgan fingerprint density at radius 3 is 2.57 bits per heavy atom. The van der Waals surface area contributed by atoms with Gasteiger partial charge in [-0.25, -0.2) is 22.6 Å². The van der Waals surface area contributed by atoms with Crippen LogP contribution in [0.4, 0.5) is 16.3 Å². The fourth-order valence-electron chi connectivity index (χ4n) is 4.79. The van der Waals surface area contributed by atoms with E-state index in [1.807, 2.05) is 0 Å². The molecule has 10 heteroatoms. The molecule has 1 unspecified atom stereocenters. The number of amides is 2. The monoisotopic (exact) mass is 431 g/mol. The van der Waals surface area contributed by atoms with Gasteiger partial charge in [0.15, 0.2) is 0 Å². The lowest BCUT2D eigenvalue weighted by atomic mass is 9.99. The van der Waals surface area contributed by atoms with Crippen molar-refractivity contribution >= 4 is 27.6 Å². The molecule has 9 nitrogen and oxygen atoms in total. The number of rotatable bonds is 4. The van der Waals surface area contributed by atoms with Gasteiger partial charge in [-0.1, -0.05) is 6.07 Å². The highest BCUT2D eigenvalue weighted by molar-refractivity contribution is 7.90. The molecular formula is C20H25N5O4S. The predicted octanol–water partition coefficient (Wildman–Crippen LogP) is 1.81. The summed E-state index contributed by atoms with van der Waals surface area (Å²) in [6.07, 6.45) is 7.12. The second-order valence-electron chi connectivity index (χ2n) is 8.07. The number of carbonyl (C=O) groups is 1. The van der Waals surface area contributed by atoms with Gasteiger partial charge in [0.05, 0.1) is 18.8 Å². The maximum Gasteiger partial charge on any atom is 0.333 e. The zero-order chi connectivity index (χ0) is 20.9. The van der Waals surface area contributed by atoms with Crippen molar-refractivity contribution in [3.63, 3.8) is 0 Å². The Balaban J connectivity index is 1.38. The molecule has 0 bridgehead atoms. The van der Waals surface area contributed by atoms with Crippen LogP contribution < -0.4 is 15.4 Å². The number of hydrogen-bond donors (Lipinski definition) is 3. The Morgan fingerprint density at radius 1 is 1.20 bits per heavy atom. The predicted molar refractivity (Wildman–Crippen MR) is 111 cm³/mol. The quantitative estimate of drug-likeness (QED) is 0.680. The first-order valence-electron chi connectivity index (χ1n) is 10.3. The Kier molecular flexibility index (Phi) is 4.70. The Morgan fingerprint density at radius 2 is 1.90 bits per heavy atom. The topological polar surface area (TPSA) is 114 Å². The molecule has 0 saturated carbocycles. The number of methoxy groups -OCH3 is 1. The van der Waals surface area contributed by atoms with Crippen LogP contribution in [0.5, 0.6) is 0 Å². The van der Waals surface area contributed by atoms with Crippen LogP contribution in [0.3, 0.4) is 0 Å². The van der Waals surface area contributed by atoms with Crippen LogP contribution in [0.15, 0.2) is 17.2 Å². The van der Waals surface area contributed by atoms with Crippen LogP contribution in [0.1, 0.15) is 35.1 Å². The van der Waals surface area contributed by atoms with E-state index in [4.69, 9.17) is 4.74 Å². The van der Waals surface area contributed by atoms with Crippen LogP contribution in [0, 0.1) is 0 Å². The van der Waals surface area contributed by atoms with Gasteiger partial charge in [0.2, 0.25) is 0 Å². The van der Waals surface area contributed by atoms with Crippen molar-refractivity contribution in [2.45, 2.75) is 56.1 Å². The highest BCUT2D eigenvalue weighted by atomic mass is 32.2. The number of nitrogens with zero attached hydrogens (tertiary/aromatic N) is 2. The molecule has 1 aromatic heterocycles. The minimum atomic E-state index is -4.08. The number of fused-ring (bicyclic) bond motifs is 3. The number of aromatic nitrogens is 2. The molecule has 0 fully saturated rings. The Hall–Kier alpha value is -2.59. The zero-order valence-electron chi connectivity index (χ0n) is 16.8. The van der Waals surface area contributed by atoms with Gasteiger partial charge in [-0.15, -0.1) is 0 Å². The minimum absolute atomic E-state index is 0.0456. The molecule has 0 radical (unpaired) electrons. The van der Waals surface area contributed by atoms with Crippen LogP contribution in [-0.2, 0) is 47.0 Å². The lowest BCUT2D eigenvalue weighted by Gasteiger charge is -2.24. The number of nitrogens with one attached hydrogen (secondary N) is 3. The normalized spacial score (nSPS) is 19.6. The third kappa shape index (κ3) is 3.24. The molecule has 1 aliphatic heterocycles. The smallest absolute Gasteiger partial charge is 0.333 e. The molecule has 3 N–H and O–H groups in total. The highest BCUT2D eigenvalue weighted by Crippen LogP contribution is 2.38. The van der Waals surface area contributed by atoms with E-state index in [1.165, 1.54) is 17.3 Å². The number of urea groups is 1. The molecule has 5 rings (SSSR count). The lowest BCUT2D eigenvalue weighted by Crippen LogP contribution is -2.37. The number of carbonyl (C=O) groups excluding carboxylic acids is 1. The van der Waals surface area contributed by atoms with Gasteiger partial charge in [0, 0.05) is 19.3 Å². The summed E-state index contributed by atoms with van der Waals surface area (Å²) in [6, 6.07) is 1.53. The van der Waals surface area contributed by atoms with Gasteiger partial charge >= 0.3 is 6.03 Å². The summed E-state index contributed by atoms with van der Waals surface area (Å²) in [5, 5.41) is 10.0. The van der Waals surface area contributed by atoms with Crippen molar-refractivity contribution in [2.75, 3.05) is 24.3 Å². The van der Waals surface area contributed by atoms with Gasteiger partial charge in [-0.05, 0) is 60.8 Å². The van der Waals surface area contributed by atoms with Crippen LogP contribution >= 0.6 is 0 Å². The average molecular weight is 432 g/mol. The second kappa shape index (κ2) is 7.28. The summed E-state index contributed by atoms with van der Waals surface area (Å²) >= 11 is 0. The van der Waals surface area contributed by atoms with Crippen molar-refractivity contribution in [3.8, 4) is 0 Å². The van der Waals surface area contributed by atoms with E-state index >= 15 is 0 Å². The molecule has 1 aromatic carbocycles. The fraction of sp³-hybridized carbons (Fsp3) is 0.500. The molecule has 1 atom stereocenters. The maximum atomic E-state index is 12.9. The molecule has 2 heterocycles. The third-order valence-corrected chi connectivity index (χ3v) is 7.57. The first-order chi connectivity index (χ1) is 14.5. The zero-order valence-corrected chi connectivity index (χ0v) is 17.6. The number of ether oxygens (including phenoxy) is 1. The fourth-order valence-corrected chi connectivity index (χ4v) is 5.81. The standard InChI is InChI=1S/C20H25N5O4S/c1-29-14-9-21-19-17(10-22-25(19)11-14)30(27,28)24-20(26)23-18-15-6-2-4-12(15)8-13-5-3-7-16(13)18/h8,10,14,21H,2-7,9,11H2,1H3,(H2,23,24,26). The summed E-state index contributed by atoms with van der Waals surface area (Å²) in [7, 11) is -2.48. The summed E-state index contributed by atoms with van der Waals surface area (Å²) in [5.41, 5.74) is 5.66. The van der Waals surface area contributed by atoms with Gasteiger partial charge in [-0.2, -0.15) is 5.10 Å². The largest absolute Gasteiger partial charge is 0.378 e. The van der Waals surface area contributed by atoms with Crippen molar-refractivity contribution in [1.29, 1.82) is 0 Å². The van der Waals surface area contributed by atoms with E-state index in [-0.39, 0.29) is 11.0 Å². The summed E-state index contributed by atoms with van der Waals surface area (Å²) in [4.78, 5) is 12.7. The lowest BCUT2D eigenvalue weighted by molar-refractivity contribution is 0.0897. The number of anilines is 2. The number of aryl methyl sites for hydroxylation is 2. The van der Waals surface area contributed by atoms with Gasteiger partial charge < -0.3 is 15.4 Å². The minimum Gasteiger partial charge on any atom is -0.378 e. The summed E-state index contributed by atoms with van der Waals surface area (Å²) in [6.45, 7) is 0.919. The van der Waals surface area contributed by atoms with Crippen molar-refractivity contribution in [3.05, 3.63) is 34.5 Å². The molecule has 3 aliphatic rings. The van der Waals surface area contributed by atoms with E-state index in [1.54, 1.807) is 11.8 Å². The molecule has 2 aromatic rings. The van der Waals surface area contributed by atoms with Crippen LogP contribution in [-0.4, -0.2) is 44.0 Å². The maximum absolute atomic E-state index is 12.9. The number of hydrogen-bond acceptors (Lipinski definition) is 6. The molecule has 2 aliphatic carbocycles. The van der Waals surface area contributed by atoms with E-state index in [0.29, 0.717) is 18.9 Å². The molecule has 2 amide bonds. The highest BCUT2D eigenvalue weighted by Gasteiger charge is 2.30. The van der Waals surface area contributed by atoms with E-state index < -0.39 is 16.1 Å².